The van der Waals surface area contributed by atoms with Crippen LogP contribution in [-0.2, 0) is 9.59 Å². The first-order valence-electron chi connectivity index (χ1n) is 11.5. The third-order valence-corrected chi connectivity index (χ3v) is 8.43. The predicted octanol–water partition coefficient (Wildman–Crippen LogP) is 6.90. The van der Waals surface area contributed by atoms with Crippen LogP contribution in [0.5, 0.6) is 0 Å². The molecule has 0 aromatic heterocycles. The Bertz CT molecular complexity index is 1330. The summed E-state index contributed by atoms with van der Waals surface area (Å²) in [7, 11) is 0. The Kier molecular flexibility index (Phi) is 4.73. The third-order valence-electron chi connectivity index (χ3n) is 7.90. The molecular formula is C28H23Cl2NO2. The fraction of sp³-hybridized carbons (Fsp3) is 0.286. The highest BCUT2D eigenvalue weighted by Crippen LogP contribution is 2.61. The summed E-state index contributed by atoms with van der Waals surface area (Å²) in [6.07, 6.45) is 1.05. The summed E-state index contributed by atoms with van der Waals surface area (Å²) in [4.78, 5) is 29.0. The molecule has 2 amide bonds. The first-order valence-corrected chi connectivity index (χ1v) is 12.2. The molecule has 166 valence electrons. The van der Waals surface area contributed by atoms with Crippen molar-refractivity contribution < 1.29 is 9.59 Å². The summed E-state index contributed by atoms with van der Waals surface area (Å²) >= 11 is 12.5. The fourth-order valence-corrected chi connectivity index (χ4v) is 6.68. The molecule has 0 radical (unpaired) electrons. The van der Waals surface area contributed by atoms with Gasteiger partial charge in [-0.15, -0.1) is 0 Å². The lowest BCUT2D eigenvalue weighted by atomic mass is 9.54. The number of hydrogen-bond acceptors (Lipinski definition) is 2. The van der Waals surface area contributed by atoms with Crippen molar-refractivity contribution in [1.29, 1.82) is 0 Å². The molecule has 5 atom stereocenters. The lowest BCUT2D eigenvalue weighted by Crippen LogP contribution is -2.41. The van der Waals surface area contributed by atoms with E-state index in [-0.39, 0.29) is 23.7 Å². The van der Waals surface area contributed by atoms with Gasteiger partial charge in [0.05, 0.1) is 22.5 Å². The van der Waals surface area contributed by atoms with Crippen molar-refractivity contribution in [2.75, 3.05) is 4.90 Å². The highest BCUT2D eigenvalue weighted by atomic mass is 35.5. The minimum absolute atomic E-state index is 0.135. The van der Waals surface area contributed by atoms with Gasteiger partial charge < -0.3 is 0 Å². The minimum atomic E-state index is -0.427. The van der Waals surface area contributed by atoms with Crippen LogP contribution in [0, 0.1) is 11.8 Å². The van der Waals surface area contributed by atoms with Gasteiger partial charge in [0.15, 0.2) is 0 Å². The van der Waals surface area contributed by atoms with Gasteiger partial charge >= 0.3 is 0 Å². The summed E-state index contributed by atoms with van der Waals surface area (Å²) in [5.41, 5.74) is 6.41. The quantitative estimate of drug-likeness (QED) is 0.386. The molecular weight excluding hydrogens is 453 g/mol. The lowest BCUT2D eigenvalue weighted by molar-refractivity contribution is -0.122. The van der Waals surface area contributed by atoms with E-state index in [9.17, 15) is 9.59 Å². The van der Waals surface area contributed by atoms with E-state index in [1.807, 2.05) is 12.1 Å². The van der Waals surface area contributed by atoms with Crippen LogP contribution in [0.3, 0.4) is 0 Å². The first-order chi connectivity index (χ1) is 15.9. The Morgan fingerprint density at radius 1 is 0.818 bits per heavy atom. The average Bonchev–Trinajstić information content (AvgIpc) is 3.09. The highest BCUT2D eigenvalue weighted by Gasteiger charge is 2.62. The number of halogens is 2. The number of imide groups is 1. The third kappa shape index (κ3) is 2.82. The van der Waals surface area contributed by atoms with Gasteiger partial charge in [-0.25, -0.2) is 4.90 Å². The van der Waals surface area contributed by atoms with Gasteiger partial charge in [-0.05, 0) is 58.4 Å². The summed E-state index contributed by atoms with van der Waals surface area (Å²) in [6.45, 7) is 4.42. The van der Waals surface area contributed by atoms with Gasteiger partial charge in [0.25, 0.3) is 0 Å². The number of carbonyl (C=O) groups excluding carboxylic acids is 2. The average molecular weight is 476 g/mol. The number of anilines is 1. The summed E-state index contributed by atoms with van der Waals surface area (Å²) in [5, 5.41) is 0.780. The van der Waals surface area contributed by atoms with Crippen molar-refractivity contribution in [1.82, 2.24) is 0 Å². The SMILES string of the molecule is CCC(C)c1ccc2c(c1)C1c3ccccc3C2C2C(=O)N(c3ccc(Cl)cc3Cl)C(=O)C12. The van der Waals surface area contributed by atoms with E-state index in [0.29, 0.717) is 21.7 Å². The van der Waals surface area contributed by atoms with Gasteiger partial charge in [0.2, 0.25) is 11.8 Å². The van der Waals surface area contributed by atoms with Gasteiger partial charge in [-0.1, -0.05) is 79.5 Å². The maximum absolute atomic E-state index is 13.9. The van der Waals surface area contributed by atoms with Crippen molar-refractivity contribution in [3.8, 4) is 0 Å². The second kappa shape index (κ2) is 7.44. The summed E-state index contributed by atoms with van der Waals surface area (Å²) < 4.78 is 0. The van der Waals surface area contributed by atoms with E-state index in [1.165, 1.54) is 27.2 Å². The molecule has 3 aromatic rings. The van der Waals surface area contributed by atoms with Gasteiger partial charge in [0.1, 0.15) is 0 Å². The smallest absolute Gasteiger partial charge is 0.238 e. The Morgan fingerprint density at radius 2 is 1.42 bits per heavy atom. The molecule has 2 bridgehead atoms. The molecule has 0 spiro atoms. The van der Waals surface area contributed by atoms with E-state index in [4.69, 9.17) is 23.2 Å². The van der Waals surface area contributed by atoms with Crippen molar-refractivity contribution in [2.45, 2.75) is 38.0 Å². The Labute approximate surface area is 203 Å². The Morgan fingerprint density at radius 3 is 2.03 bits per heavy atom. The van der Waals surface area contributed by atoms with E-state index in [1.54, 1.807) is 18.2 Å². The van der Waals surface area contributed by atoms with Gasteiger partial charge in [0, 0.05) is 16.9 Å². The first kappa shape index (κ1) is 20.9. The zero-order valence-corrected chi connectivity index (χ0v) is 19.9. The Balaban J connectivity index is 1.55. The lowest BCUT2D eigenvalue weighted by Gasteiger charge is -2.46. The second-order valence-electron chi connectivity index (χ2n) is 9.44. The maximum Gasteiger partial charge on any atom is 0.238 e. The summed E-state index contributed by atoms with van der Waals surface area (Å²) in [6, 6.07) is 19.9. The molecule has 5 unspecified atom stereocenters. The second-order valence-corrected chi connectivity index (χ2v) is 10.3. The van der Waals surface area contributed by atoms with E-state index in [2.05, 4.69) is 44.2 Å². The highest BCUT2D eigenvalue weighted by molar-refractivity contribution is 6.38. The molecule has 3 aliphatic carbocycles. The number of carbonyl (C=O) groups is 2. The topological polar surface area (TPSA) is 37.4 Å². The molecule has 0 N–H and O–H groups in total. The number of nitrogens with zero attached hydrogens (tertiary/aromatic N) is 1. The normalized spacial score (nSPS) is 25.6. The number of benzene rings is 3. The van der Waals surface area contributed by atoms with Crippen LogP contribution >= 0.6 is 23.2 Å². The van der Waals surface area contributed by atoms with Gasteiger partial charge in [-0.3, -0.25) is 9.59 Å². The van der Waals surface area contributed by atoms with Crippen molar-refractivity contribution in [2.24, 2.45) is 11.8 Å². The molecule has 1 fully saturated rings. The Hall–Kier alpha value is -2.62. The molecule has 3 aromatic carbocycles. The number of hydrogen-bond donors (Lipinski definition) is 0. The molecule has 1 heterocycles. The maximum atomic E-state index is 13.9. The molecule has 33 heavy (non-hydrogen) atoms. The van der Waals surface area contributed by atoms with E-state index in [0.717, 1.165) is 12.0 Å². The van der Waals surface area contributed by atoms with Gasteiger partial charge in [-0.2, -0.15) is 0 Å². The van der Waals surface area contributed by atoms with Crippen LogP contribution in [0.25, 0.3) is 0 Å². The van der Waals surface area contributed by atoms with Crippen molar-refractivity contribution >= 4 is 40.7 Å². The van der Waals surface area contributed by atoms with Crippen LogP contribution in [0.4, 0.5) is 5.69 Å². The van der Waals surface area contributed by atoms with Crippen LogP contribution in [-0.4, -0.2) is 11.8 Å². The predicted molar refractivity (Wildman–Crippen MR) is 131 cm³/mol. The standard InChI is InChI=1S/C28H23Cl2NO2/c1-3-14(2)15-8-10-19-20(12-15)24-18-7-5-4-6-17(18)23(19)25-26(24)28(33)31(27(25)32)22-11-9-16(29)13-21(22)30/h4-14,23-26H,3H2,1-2H3. The summed E-state index contributed by atoms with van der Waals surface area (Å²) in [5.74, 6) is -1.02. The molecule has 5 heteroatoms. The molecule has 1 saturated heterocycles. The van der Waals surface area contributed by atoms with E-state index < -0.39 is 11.8 Å². The zero-order valence-electron chi connectivity index (χ0n) is 18.4. The van der Waals surface area contributed by atoms with Crippen molar-refractivity contribution in [3.05, 3.63) is 98.5 Å². The molecule has 7 rings (SSSR count). The molecule has 4 aliphatic rings. The van der Waals surface area contributed by atoms with Crippen LogP contribution < -0.4 is 4.90 Å². The molecule has 3 nitrogen and oxygen atoms in total. The number of amides is 2. The molecule has 0 saturated carbocycles. The minimum Gasteiger partial charge on any atom is -0.274 e. The van der Waals surface area contributed by atoms with E-state index >= 15 is 0 Å². The fourth-order valence-electron chi connectivity index (χ4n) is 6.19. The van der Waals surface area contributed by atoms with Crippen LogP contribution in [0.1, 0.15) is 65.8 Å². The largest absolute Gasteiger partial charge is 0.274 e. The van der Waals surface area contributed by atoms with Crippen molar-refractivity contribution in [3.63, 3.8) is 0 Å². The van der Waals surface area contributed by atoms with Crippen LogP contribution in [0.15, 0.2) is 60.7 Å². The zero-order chi connectivity index (χ0) is 23.0. The number of rotatable bonds is 3. The monoisotopic (exact) mass is 475 g/mol. The molecule has 1 aliphatic heterocycles. The van der Waals surface area contributed by atoms with Crippen LogP contribution in [0.2, 0.25) is 10.0 Å².